The Morgan fingerprint density at radius 2 is 1.88 bits per heavy atom. The molecule has 0 aliphatic rings. The van der Waals surface area contributed by atoms with Crippen molar-refractivity contribution in [3.8, 4) is 17.6 Å². The highest BCUT2D eigenvalue weighted by Crippen LogP contribution is 2.18. The minimum absolute atomic E-state index is 0.00559. The van der Waals surface area contributed by atoms with Crippen LogP contribution >= 0.6 is 0 Å². The second kappa shape index (κ2) is 5.58. The van der Waals surface area contributed by atoms with E-state index in [0.717, 1.165) is 11.3 Å². The molecule has 0 aromatic heterocycles. The van der Waals surface area contributed by atoms with Gasteiger partial charge in [0.25, 0.3) is 0 Å². The number of methoxy groups -OCH3 is 1. The zero-order valence-corrected chi connectivity index (χ0v) is 10.3. The third-order valence-electron chi connectivity index (χ3n) is 1.79. The molecule has 0 N–H and O–H groups in total. The minimum atomic E-state index is -0.00559. The van der Waals surface area contributed by atoms with Crippen LogP contribution in [0.15, 0.2) is 24.3 Å². The zero-order valence-electron chi connectivity index (χ0n) is 10.3. The maximum atomic E-state index is 5.43. The molecule has 2 nitrogen and oxygen atoms in total. The van der Waals surface area contributed by atoms with E-state index in [1.165, 1.54) is 0 Å². The molecule has 0 heterocycles. The van der Waals surface area contributed by atoms with Crippen LogP contribution in [0.3, 0.4) is 0 Å². The molecular weight excluding hydrogens is 200 g/mol. The number of rotatable bonds is 3. The van der Waals surface area contributed by atoms with E-state index >= 15 is 0 Å². The number of hydrogen-bond acceptors (Lipinski definition) is 2. The van der Waals surface area contributed by atoms with Gasteiger partial charge in [-0.2, -0.15) is 0 Å². The number of benzene rings is 1. The van der Waals surface area contributed by atoms with E-state index in [1.807, 2.05) is 24.3 Å². The van der Waals surface area contributed by atoms with Crippen LogP contribution in [-0.2, 0) is 4.74 Å². The summed E-state index contributed by atoms with van der Waals surface area (Å²) in [6, 6.07) is 7.72. The summed E-state index contributed by atoms with van der Waals surface area (Å²) in [6.07, 6.45) is 0. The molecule has 0 unspecified atom stereocenters. The van der Waals surface area contributed by atoms with Crippen molar-refractivity contribution >= 4 is 0 Å². The lowest BCUT2D eigenvalue weighted by molar-refractivity contribution is 0.0509. The molecular formula is C14H18O2. The highest BCUT2D eigenvalue weighted by molar-refractivity contribution is 5.46. The van der Waals surface area contributed by atoms with Crippen LogP contribution in [0.2, 0.25) is 0 Å². The summed E-state index contributed by atoms with van der Waals surface area (Å²) < 4.78 is 10.3. The fourth-order valence-corrected chi connectivity index (χ4v) is 1.07. The Kier molecular flexibility index (Phi) is 4.39. The summed E-state index contributed by atoms with van der Waals surface area (Å²) in [5, 5.41) is 0. The Hall–Kier alpha value is -1.46. The van der Waals surface area contributed by atoms with Crippen LogP contribution in [0.4, 0.5) is 0 Å². The van der Waals surface area contributed by atoms with Gasteiger partial charge in [-0.25, -0.2) is 0 Å². The molecule has 86 valence electrons. The Balaban J connectivity index is 2.89. The fourth-order valence-electron chi connectivity index (χ4n) is 1.07. The molecule has 0 saturated heterocycles. The summed E-state index contributed by atoms with van der Waals surface area (Å²) in [5.74, 6) is 7.08. The second-order valence-electron chi connectivity index (χ2n) is 4.55. The van der Waals surface area contributed by atoms with Crippen molar-refractivity contribution in [2.75, 3.05) is 13.9 Å². The first kappa shape index (κ1) is 12.6. The molecule has 0 saturated carbocycles. The van der Waals surface area contributed by atoms with Crippen molar-refractivity contribution < 1.29 is 9.47 Å². The topological polar surface area (TPSA) is 18.5 Å². The first-order chi connectivity index (χ1) is 7.53. The standard InChI is InChI=1S/C14H18O2/c1-14(2,3)10-9-12-7-5-6-8-13(12)16-11-15-4/h5-8H,11H2,1-4H3. The van der Waals surface area contributed by atoms with Crippen LogP contribution in [0.1, 0.15) is 26.3 Å². The number of hydrogen-bond donors (Lipinski definition) is 0. The normalized spacial score (nSPS) is 10.5. The molecule has 0 aliphatic carbocycles. The summed E-state index contributed by atoms with van der Waals surface area (Å²) in [6.45, 7) is 6.49. The first-order valence-corrected chi connectivity index (χ1v) is 5.27. The van der Waals surface area contributed by atoms with E-state index in [1.54, 1.807) is 7.11 Å². The van der Waals surface area contributed by atoms with Crippen molar-refractivity contribution in [3.63, 3.8) is 0 Å². The molecule has 0 spiro atoms. The van der Waals surface area contributed by atoms with E-state index in [9.17, 15) is 0 Å². The predicted molar refractivity (Wildman–Crippen MR) is 65.3 cm³/mol. The molecule has 16 heavy (non-hydrogen) atoms. The maximum Gasteiger partial charge on any atom is 0.188 e. The second-order valence-corrected chi connectivity index (χ2v) is 4.55. The summed E-state index contributed by atoms with van der Waals surface area (Å²) in [7, 11) is 1.60. The summed E-state index contributed by atoms with van der Waals surface area (Å²) in [5.41, 5.74) is 0.892. The van der Waals surface area contributed by atoms with Gasteiger partial charge in [0.05, 0.1) is 5.56 Å². The molecule has 1 aromatic carbocycles. The lowest BCUT2D eigenvalue weighted by Gasteiger charge is -2.09. The molecule has 2 heteroatoms. The summed E-state index contributed by atoms with van der Waals surface area (Å²) >= 11 is 0. The average molecular weight is 218 g/mol. The van der Waals surface area contributed by atoms with Crippen molar-refractivity contribution in [1.82, 2.24) is 0 Å². The lowest BCUT2D eigenvalue weighted by Crippen LogP contribution is -2.02. The molecule has 0 bridgehead atoms. The maximum absolute atomic E-state index is 5.43. The lowest BCUT2D eigenvalue weighted by atomic mass is 9.97. The van der Waals surface area contributed by atoms with E-state index < -0.39 is 0 Å². The van der Waals surface area contributed by atoms with E-state index in [0.29, 0.717) is 0 Å². The zero-order chi connectivity index (χ0) is 12.0. The van der Waals surface area contributed by atoms with Gasteiger partial charge in [0, 0.05) is 12.5 Å². The monoisotopic (exact) mass is 218 g/mol. The highest BCUT2D eigenvalue weighted by atomic mass is 16.7. The van der Waals surface area contributed by atoms with Gasteiger partial charge in [0.15, 0.2) is 6.79 Å². The van der Waals surface area contributed by atoms with Crippen LogP contribution in [0, 0.1) is 17.3 Å². The number of para-hydroxylation sites is 1. The van der Waals surface area contributed by atoms with Crippen LogP contribution in [-0.4, -0.2) is 13.9 Å². The van der Waals surface area contributed by atoms with E-state index in [-0.39, 0.29) is 12.2 Å². The molecule has 0 aliphatic heterocycles. The van der Waals surface area contributed by atoms with Gasteiger partial charge in [-0.1, -0.05) is 24.0 Å². The molecule has 0 radical (unpaired) electrons. The largest absolute Gasteiger partial charge is 0.466 e. The van der Waals surface area contributed by atoms with E-state index in [4.69, 9.17) is 9.47 Å². The van der Waals surface area contributed by atoms with Crippen LogP contribution < -0.4 is 4.74 Å². The van der Waals surface area contributed by atoms with Crippen molar-refractivity contribution in [3.05, 3.63) is 29.8 Å². The molecule has 0 fully saturated rings. The van der Waals surface area contributed by atoms with Crippen molar-refractivity contribution in [1.29, 1.82) is 0 Å². The number of ether oxygens (including phenoxy) is 2. The average Bonchev–Trinajstić information content (AvgIpc) is 2.23. The molecule has 0 amide bonds. The van der Waals surface area contributed by atoms with Crippen LogP contribution in [0.25, 0.3) is 0 Å². The highest BCUT2D eigenvalue weighted by Gasteiger charge is 2.05. The Bertz CT molecular complexity index is 391. The molecule has 0 atom stereocenters. The third kappa shape index (κ3) is 4.37. The quantitative estimate of drug-likeness (QED) is 0.573. The first-order valence-electron chi connectivity index (χ1n) is 5.27. The Morgan fingerprint density at radius 3 is 2.50 bits per heavy atom. The predicted octanol–water partition coefficient (Wildman–Crippen LogP) is 3.07. The minimum Gasteiger partial charge on any atom is -0.466 e. The Morgan fingerprint density at radius 1 is 1.19 bits per heavy atom. The third-order valence-corrected chi connectivity index (χ3v) is 1.79. The van der Waals surface area contributed by atoms with Gasteiger partial charge in [-0.15, -0.1) is 0 Å². The van der Waals surface area contributed by atoms with E-state index in [2.05, 4.69) is 32.6 Å². The van der Waals surface area contributed by atoms with Gasteiger partial charge in [-0.05, 0) is 32.9 Å². The molecule has 1 rings (SSSR count). The van der Waals surface area contributed by atoms with Crippen molar-refractivity contribution in [2.45, 2.75) is 20.8 Å². The molecule has 1 aromatic rings. The summed E-state index contributed by atoms with van der Waals surface area (Å²) in [4.78, 5) is 0. The van der Waals surface area contributed by atoms with Gasteiger partial charge in [-0.3, -0.25) is 0 Å². The van der Waals surface area contributed by atoms with Gasteiger partial charge in [0.1, 0.15) is 5.75 Å². The Labute approximate surface area is 97.6 Å². The van der Waals surface area contributed by atoms with Gasteiger partial charge in [0.2, 0.25) is 0 Å². The fraction of sp³-hybridized carbons (Fsp3) is 0.429. The van der Waals surface area contributed by atoms with Gasteiger partial charge < -0.3 is 9.47 Å². The van der Waals surface area contributed by atoms with Crippen molar-refractivity contribution in [2.24, 2.45) is 5.41 Å². The SMILES string of the molecule is COCOc1ccccc1C#CC(C)(C)C. The van der Waals surface area contributed by atoms with Crippen LogP contribution in [0.5, 0.6) is 5.75 Å². The van der Waals surface area contributed by atoms with Gasteiger partial charge >= 0.3 is 0 Å². The smallest absolute Gasteiger partial charge is 0.188 e.